The van der Waals surface area contributed by atoms with Gasteiger partial charge in [0.2, 0.25) is 5.91 Å². The smallest absolute Gasteiger partial charge is 0.217 e. The molecule has 4 unspecified atom stereocenters. The number of hydrogen-bond acceptors (Lipinski definition) is 5. The van der Waals surface area contributed by atoms with Gasteiger partial charge in [0, 0.05) is 32.0 Å². The summed E-state index contributed by atoms with van der Waals surface area (Å²) in [4.78, 5) is 10.5. The van der Waals surface area contributed by atoms with Crippen molar-refractivity contribution in [1.82, 2.24) is 0 Å². The minimum Gasteiger partial charge on any atom is -0.396 e. The molecule has 1 aliphatic carbocycles. The number of carbonyl (C=O) groups is 1. The molecule has 106 valence electrons. The lowest BCUT2D eigenvalue weighted by molar-refractivity contribution is -0.118. The average Bonchev–Trinajstić information content (AvgIpc) is 2.32. The standard InChI is InChI=1S/C12H23NO5/c13-11(16)3-1-2-4-18-9-5-8(7-14)12(17)10(15)6-9/h8-10,12,14-15,17H,1-7H2,(H2,13,16). The van der Waals surface area contributed by atoms with Crippen LogP contribution in [-0.2, 0) is 9.53 Å². The van der Waals surface area contributed by atoms with Gasteiger partial charge in [0.05, 0.1) is 18.3 Å². The van der Waals surface area contributed by atoms with E-state index >= 15 is 0 Å². The SMILES string of the molecule is NC(=O)CCCCOC1CC(O)C(O)C(CO)C1. The van der Waals surface area contributed by atoms with E-state index in [1.807, 2.05) is 0 Å². The molecule has 0 aromatic carbocycles. The predicted octanol–water partition coefficient (Wildman–Crippen LogP) is -0.849. The van der Waals surface area contributed by atoms with Crippen LogP contribution < -0.4 is 5.73 Å². The van der Waals surface area contributed by atoms with Crippen LogP contribution in [0.25, 0.3) is 0 Å². The summed E-state index contributed by atoms with van der Waals surface area (Å²) < 4.78 is 5.58. The Labute approximate surface area is 107 Å². The highest BCUT2D eigenvalue weighted by molar-refractivity contribution is 5.73. The Kier molecular flexibility index (Phi) is 6.56. The quantitative estimate of drug-likeness (QED) is 0.446. The first kappa shape index (κ1) is 15.4. The van der Waals surface area contributed by atoms with E-state index in [-0.39, 0.29) is 24.5 Å². The van der Waals surface area contributed by atoms with Crippen molar-refractivity contribution in [2.75, 3.05) is 13.2 Å². The Balaban J connectivity index is 2.20. The van der Waals surface area contributed by atoms with E-state index in [9.17, 15) is 15.0 Å². The molecule has 1 amide bonds. The highest BCUT2D eigenvalue weighted by atomic mass is 16.5. The molecule has 1 rings (SSSR count). The molecule has 0 radical (unpaired) electrons. The van der Waals surface area contributed by atoms with E-state index in [1.54, 1.807) is 0 Å². The van der Waals surface area contributed by atoms with Crippen LogP contribution >= 0.6 is 0 Å². The van der Waals surface area contributed by atoms with Crippen molar-refractivity contribution in [1.29, 1.82) is 0 Å². The highest BCUT2D eigenvalue weighted by Gasteiger charge is 2.35. The monoisotopic (exact) mass is 261 g/mol. The first-order valence-corrected chi connectivity index (χ1v) is 6.41. The van der Waals surface area contributed by atoms with E-state index in [1.165, 1.54) is 0 Å². The van der Waals surface area contributed by atoms with Gasteiger partial charge in [-0.3, -0.25) is 4.79 Å². The fraction of sp³-hybridized carbons (Fsp3) is 0.917. The van der Waals surface area contributed by atoms with Gasteiger partial charge in [0.25, 0.3) is 0 Å². The fourth-order valence-corrected chi connectivity index (χ4v) is 2.27. The van der Waals surface area contributed by atoms with Crippen LogP contribution in [0.2, 0.25) is 0 Å². The van der Waals surface area contributed by atoms with Crippen molar-refractivity contribution in [3.63, 3.8) is 0 Å². The van der Waals surface area contributed by atoms with Crippen molar-refractivity contribution in [2.24, 2.45) is 11.7 Å². The van der Waals surface area contributed by atoms with Crippen molar-refractivity contribution in [3.8, 4) is 0 Å². The molecule has 6 heteroatoms. The molecule has 0 aliphatic heterocycles. The Hall–Kier alpha value is -0.690. The number of ether oxygens (including phenoxy) is 1. The Morgan fingerprint density at radius 1 is 1.28 bits per heavy atom. The lowest BCUT2D eigenvalue weighted by Gasteiger charge is -2.35. The van der Waals surface area contributed by atoms with Crippen molar-refractivity contribution in [3.05, 3.63) is 0 Å². The third-order valence-corrected chi connectivity index (χ3v) is 3.35. The second kappa shape index (κ2) is 7.68. The van der Waals surface area contributed by atoms with E-state index < -0.39 is 12.2 Å². The zero-order valence-corrected chi connectivity index (χ0v) is 10.5. The van der Waals surface area contributed by atoms with Crippen LogP contribution in [0.3, 0.4) is 0 Å². The lowest BCUT2D eigenvalue weighted by Crippen LogP contribution is -2.45. The number of rotatable bonds is 7. The number of aliphatic hydroxyl groups is 3. The number of amides is 1. The third kappa shape index (κ3) is 4.89. The Morgan fingerprint density at radius 3 is 2.61 bits per heavy atom. The molecule has 0 saturated heterocycles. The summed E-state index contributed by atoms with van der Waals surface area (Å²) in [6.45, 7) is 0.346. The second-order valence-corrected chi connectivity index (χ2v) is 4.89. The van der Waals surface area contributed by atoms with Gasteiger partial charge in [0.1, 0.15) is 0 Å². The Bertz CT molecular complexity index is 261. The molecule has 4 atom stereocenters. The largest absolute Gasteiger partial charge is 0.396 e. The van der Waals surface area contributed by atoms with Gasteiger partial charge in [0.15, 0.2) is 0 Å². The zero-order chi connectivity index (χ0) is 13.5. The summed E-state index contributed by atoms with van der Waals surface area (Å²) in [5, 5.41) is 28.3. The second-order valence-electron chi connectivity index (χ2n) is 4.89. The van der Waals surface area contributed by atoms with Crippen LogP contribution in [0.15, 0.2) is 0 Å². The highest BCUT2D eigenvalue weighted by Crippen LogP contribution is 2.27. The molecule has 0 bridgehead atoms. The molecule has 1 saturated carbocycles. The molecule has 0 heterocycles. The molecule has 0 spiro atoms. The molecular weight excluding hydrogens is 238 g/mol. The molecule has 0 aromatic heterocycles. The van der Waals surface area contributed by atoms with Gasteiger partial charge < -0.3 is 25.8 Å². The number of nitrogens with two attached hydrogens (primary N) is 1. The number of hydrogen-bond donors (Lipinski definition) is 4. The third-order valence-electron chi connectivity index (χ3n) is 3.35. The normalized spacial score (nSPS) is 32.4. The maximum Gasteiger partial charge on any atom is 0.217 e. The van der Waals surface area contributed by atoms with E-state index in [0.717, 1.165) is 6.42 Å². The topological polar surface area (TPSA) is 113 Å². The summed E-state index contributed by atoms with van der Waals surface area (Å²) in [7, 11) is 0. The van der Waals surface area contributed by atoms with Gasteiger partial charge in [-0.15, -0.1) is 0 Å². The number of unbranched alkanes of at least 4 members (excludes halogenated alkanes) is 1. The maximum absolute atomic E-state index is 10.5. The first-order chi connectivity index (χ1) is 8.54. The summed E-state index contributed by atoms with van der Waals surface area (Å²) >= 11 is 0. The summed E-state index contributed by atoms with van der Waals surface area (Å²) in [5.41, 5.74) is 5.02. The number of carbonyl (C=O) groups excluding carboxylic acids is 1. The molecule has 1 fully saturated rings. The molecule has 1 aliphatic rings. The average molecular weight is 261 g/mol. The zero-order valence-electron chi connectivity index (χ0n) is 10.5. The van der Waals surface area contributed by atoms with Crippen molar-refractivity contribution >= 4 is 5.91 Å². The van der Waals surface area contributed by atoms with Gasteiger partial charge in [-0.05, 0) is 19.3 Å². The lowest BCUT2D eigenvalue weighted by atomic mass is 9.83. The van der Waals surface area contributed by atoms with Crippen molar-refractivity contribution < 1.29 is 24.9 Å². The molecule has 5 N–H and O–H groups in total. The van der Waals surface area contributed by atoms with Crippen LogP contribution in [0.5, 0.6) is 0 Å². The van der Waals surface area contributed by atoms with Gasteiger partial charge in [-0.1, -0.05) is 0 Å². The van der Waals surface area contributed by atoms with E-state index in [4.69, 9.17) is 15.6 Å². The summed E-state index contributed by atoms with van der Waals surface area (Å²) in [5.74, 6) is -0.643. The number of primary amides is 1. The van der Waals surface area contributed by atoms with Gasteiger partial charge in [-0.25, -0.2) is 0 Å². The fourth-order valence-electron chi connectivity index (χ4n) is 2.27. The van der Waals surface area contributed by atoms with E-state index in [0.29, 0.717) is 32.3 Å². The van der Waals surface area contributed by atoms with Crippen LogP contribution in [0, 0.1) is 5.92 Å². The molecule has 18 heavy (non-hydrogen) atoms. The Morgan fingerprint density at radius 2 is 2.00 bits per heavy atom. The molecular formula is C12H23NO5. The van der Waals surface area contributed by atoms with Crippen LogP contribution in [0.1, 0.15) is 32.1 Å². The molecule has 6 nitrogen and oxygen atoms in total. The van der Waals surface area contributed by atoms with E-state index in [2.05, 4.69) is 0 Å². The first-order valence-electron chi connectivity index (χ1n) is 6.41. The van der Waals surface area contributed by atoms with Gasteiger partial charge >= 0.3 is 0 Å². The van der Waals surface area contributed by atoms with Gasteiger partial charge in [-0.2, -0.15) is 0 Å². The molecule has 0 aromatic rings. The van der Waals surface area contributed by atoms with Crippen molar-refractivity contribution in [2.45, 2.75) is 50.4 Å². The van der Waals surface area contributed by atoms with Crippen LogP contribution in [-0.4, -0.2) is 52.8 Å². The number of aliphatic hydroxyl groups excluding tert-OH is 3. The summed E-state index contributed by atoms with van der Waals surface area (Å²) in [6.07, 6.45) is 0.857. The van der Waals surface area contributed by atoms with Crippen LogP contribution in [0.4, 0.5) is 0 Å². The maximum atomic E-state index is 10.5. The summed E-state index contributed by atoms with van der Waals surface area (Å²) in [6, 6.07) is 0. The minimum absolute atomic E-state index is 0.144. The predicted molar refractivity (Wildman–Crippen MR) is 64.6 cm³/mol. The minimum atomic E-state index is -0.871.